The molecule has 1 aromatic carbocycles. The molecule has 1 aromatic heterocycles. The number of nitrogens with two attached hydrogens (primary N) is 1. The van der Waals surface area contributed by atoms with E-state index in [0.717, 1.165) is 49.2 Å². The zero-order chi connectivity index (χ0) is 18.1. The molecule has 0 atom stereocenters. The quantitative estimate of drug-likeness (QED) is 0.610. The van der Waals surface area contributed by atoms with Crippen molar-refractivity contribution >= 4 is 11.9 Å². The van der Waals surface area contributed by atoms with Gasteiger partial charge in [0.1, 0.15) is 5.82 Å². The first kappa shape index (κ1) is 18.8. The highest BCUT2D eigenvalue weighted by Crippen LogP contribution is 2.26. The molecule has 25 heavy (non-hydrogen) atoms. The van der Waals surface area contributed by atoms with Crippen molar-refractivity contribution in [3.8, 4) is 11.5 Å². The van der Waals surface area contributed by atoms with Crippen LogP contribution in [0.25, 0.3) is 6.08 Å². The molecule has 0 saturated carbocycles. The van der Waals surface area contributed by atoms with Gasteiger partial charge in [-0.3, -0.25) is 0 Å². The van der Waals surface area contributed by atoms with Crippen molar-refractivity contribution in [2.24, 2.45) is 0 Å². The van der Waals surface area contributed by atoms with Gasteiger partial charge in [0, 0.05) is 12.2 Å². The van der Waals surface area contributed by atoms with Crippen LogP contribution in [0.4, 0.5) is 5.82 Å². The summed E-state index contributed by atoms with van der Waals surface area (Å²) in [7, 11) is 1.55. The van der Waals surface area contributed by atoms with E-state index in [-0.39, 0.29) is 5.75 Å². The van der Waals surface area contributed by atoms with Gasteiger partial charge in [0.05, 0.1) is 7.11 Å². The molecule has 0 unspecified atom stereocenters. The van der Waals surface area contributed by atoms with Crippen LogP contribution in [-0.2, 0) is 6.42 Å². The van der Waals surface area contributed by atoms with Crippen molar-refractivity contribution in [3.05, 3.63) is 53.2 Å². The number of aryl methyl sites for hydroxylation is 2. The summed E-state index contributed by atoms with van der Waals surface area (Å²) >= 11 is 0. The average Bonchev–Trinajstić information content (AvgIpc) is 2.57. The Morgan fingerprint density at radius 1 is 1.24 bits per heavy atom. The summed E-state index contributed by atoms with van der Waals surface area (Å²) in [6.07, 6.45) is 7.21. The van der Waals surface area contributed by atoms with Gasteiger partial charge in [-0.2, -0.15) is 0 Å². The number of nitrogens with one attached hydrogen (secondary N) is 1. The Morgan fingerprint density at radius 2 is 2.08 bits per heavy atom. The van der Waals surface area contributed by atoms with E-state index in [9.17, 15) is 5.11 Å². The van der Waals surface area contributed by atoms with Crippen LogP contribution >= 0.6 is 0 Å². The van der Waals surface area contributed by atoms with Gasteiger partial charge in [-0.05, 0) is 68.1 Å². The Labute approximate surface area is 149 Å². The standard InChI is InChI=1S/C20H27N3O2/c1-15-12-17(23-20(21)13-15)7-3-4-10-22-11-5-6-16-8-9-18(24)19(14-16)25-2/h5-6,8-9,12-14,22,24H,3-4,7,10-11H2,1-2H3,(H2,21,23)/b6-5+. The maximum atomic E-state index is 9.57. The largest absolute Gasteiger partial charge is 0.504 e. The Bertz CT molecular complexity index is 694. The average molecular weight is 341 g/mol. The molecule has 0 bridgehead atoms. The Kier molecular flexibility index (Phi) is 7.29. The minimum absolute atomic E-state index is 0.155. The number of aromatic nitrogens is 1. The zero-order valence-corrected chi connectivity index (χ0v) is 15.0. The number of hydrogen-bond acceptors (Lipinski definition) is 5. The SMILES string of the molecule is COc1cc(/C=C/CNCCCCc2cc(C)cc(N)n2)ccc1O. The van der Waals surface area contributed by atoms with E-state index in [1.54, 1.807) is 13.2 Å². The minimum atomic E-state index is 0.155. The molecular weight excluding hydrogens is 314 g/mol. The normalized spacial score (nSPS) is 11.1. The zero-order valence-electron chi connectivity index (χ0n) is 15.0. The van der Waals surface area contributed by atoms with Crippen LogP contribution in [0.15, 0.2) is 36.4 Å². The van der Waals surface area contributed by atoms with Crippen LogP contribution in [0.1, 0.15) is 29.7 Å². The molecule has 0 fully saturated rings. The lowest BCUT2D eigenvalue weighted by Gasteiger charge is -2.05. The third-order valence-electron chi connectivity index (χ3n) is 3.86. The van der Waals surface area contributed by atoms with Gasteiger partial charge < -0.3 is 20.9 Å². The van der Waals surface area contributed by atoms with Gasteiger partial charge in [-0.15, -0.1) is 0 Å². The van der Waals surface area contributed by atoms with Crippen LogP contribution in [0.5, 0.6) is 11.5 Å². The van der Waals surface area contributed by atoms with Crippen molar-refractivity contribution in [1.82, 2.24) is 10.3 Å². The molecule has 0 amide bonds. The van der Waals surface area contributed by atoms with Crippen LogP contribution < -0.4 is 15.8 Å². The van der Waals surface area contributed by atoms with E-state index in [2.05, 4.69) is 22.4 Å². The topological polar surface area (TPSA) is 80.4 Å². The van der Waals surface area contributed by atoms with Crippen molar-refractivity contribution in [1.29, 1.82) is 0 Å². The molecule has 0 saturated heterocycles. The summed E-state index contributed by atoms with van der Waals surface area (Å²) in [5.74, 6) is 1.24. The second-order valence-corrected chi connectivity index (χ2v) is 6.06. The first-order valence-corrected chi connectivity index (χ1v) is 8.56. The third-order valence-corrected chi connectivity index (χ3v) is 3.86. The maximum absolute atomic E-state index is 9.57. The lowest BCUT2D eigenvalue weighted by Crippen LogP contribution is -2.15. The molecule has 5 heteroatoms. The predicted octanol–water partition coefficient (Wildman–Crippen LogP) is 3.31. The molecule has 0 aliphatic carbocycles. The van der Waals surface area contributed by atoms with E-state index in [1.807, 2.05) is 31.2 Å². The number of benzene rings is 1. The highest BCUT2D eigenvalue weighted by atomic mass is 16.5. The van der Waals surface area contributed by atoms with Crippen molar-refractivity contribution < 1.29 is 9.84 Å². The number of aromatic hydroxyl groups is 1. The van der Waals surface area contributed by atoms with E-state index in [4.69, 9.17) is 10.5 Å². The Balaban J connectivity index is 1.63. The molecule has 2 rings (SSSR count). The number of nitrogen functional groups attached to an aromatic ring is 1. The molecular formula is C20H27N3O2. The van der Waals surface area contributed by atoms with E-state index < -0.39 is 0 Å². The molecule has 5 nitrogen and oxygen atoms in total. The summed E-state index contributed by atoms with van der Waals surface area (Å²) < 4.78 is 5.10. The summed E-state index contributed by atoms with van der Waals surface area (Å²) in [6, 6.07) is 9.29. The summed E-state index contributed by atoms with van der Waals surface area (Å²) in [5.41, 5.74) is 9.00. The molecule has 4 N–H and O–H groups in total. The Hall–Kier alpha value is -2.53. The van der Waals surface area contributed by atoms with Crippen LogP contribution in [0, 0.1) is 6.92 Å². The van der Waals surface area contributed by atoms with Gasteiger partial charge in [-0.1, -0.05) is 18.2 Å². The van der Waals surface area contributed by atoms with E-state index >= 15 is 0 Å². The summed E-state index contributed by atoms with van der Waals surface area (Å²) in [4.78, 5) is 4.35. The van der Waals surface area contributed by atoms with Gasteiger partial charge >= 0.3 is 0 Å². The number of pyridine rings is 1. The summed E-state index contributed by atoms with van der Waals surface area (Å²) in [6.45, 7) is 3.81. The first-order valence-electron chi connectivity index (χ1n) is 8.56. The second kappa shape index (κ2) is 9.69. The van der Waals surface area contributed by atoms with Gasteiger partial charge in [0.25, 0.3) is 0 Å². The number of phenolic OH excluding ortho intramolecular Hbond substituents is 1. The van der Waals surface area contributed by atoms with Gasteiger partial charge in [0.2, 0.25) is 0 Å². The third kappa shape index (κ3) is 6.47. The smallest absolute Gasteiger partial charge is 0.161 e. The van der Waals surface area contributed by atoms with Crippen molar-refractivity contribution in [2.75, 3.05) is 25.9 Å². The fourth-order valence-corrected chi connectivity index (χ4v) is 2.63. The number of methoxy groups -OCH3 is 1. The van der Waals surface area contributed by atoms with Gasteiger partial charge in [-0.25, -0.2) is 4.98 Å². The number of rotatable bonds is 9. The first-order chi connectivity index (χ1) is 12.1. The minimum Gasteiger partial charge on any atom is -0.504 e. The molecule has 0 spiro atoms. The van der Waals surface area contributed by atoms with Gasteiger partial charge in [0.15, 0.2) is 11.5 Å². The fourth-order valence-electron chi connectivity index (χ4n) is 2.63. The van der Waals surface area contributed by atoms with Crippen LogP contribution in [-0.4, -0.2) is 30.3 Å². The number of ether oxygens (including phenoxy) is 1. The maximum Gasteiger partial charge on any atom is 0.161 e. The summed E-state index contributed by atoms with van der Waals surface area (Å²) in [5, 5.41) is 13.0. The molecule has 0 aliphatic heterocycles. The number of hydrogen-bond donors (Lipinski definition) is 3. The fraction of sp³-hybridized carbons (Fsp3) is 0.350. The second-order valence-electron chi connectivity index (χ2n) is 6.06. The molecule has 0 aliphatic rings. The highest BCUT2D eigenvalue weighted by Gasteiger charge is 2.00. The number of nitrogens with zero attached hydrogens (tertiary/aromatic N) is 1. The molecule has 134 valence electrons. The molecule has 2 aromatic rings. The molecule has 1 heterocycles. The van der Waals surface area contributed by atoms with Crippen LogP contribution in [0.2, 0.25) is 0 Å². The number of anilines is 1. The van der Waals surface area contributed by atoms with E-state index in [0.29, 0.717) is 11.6 Å². The van der Waals surface area contributed by atoms with Crippen molar-refractivity contribution in [3.63, 3.8) is 0 Å². The lowest BCUT2D eigenvalue weighted by molar-refractivity contribution is 0.373. The number of unbranched alkanes of at least 4 members (excludes halogenated alkanes) is 1. The van der Waals surface area contributed by atoms with Crippen molar-refractivity contribution in [2.45, 2.75) is 26.2 Å². The predicted molar refractivity (Wildman–Crippen MR) is 103 cm³/mol. The Morgan fingerprint density at radius 3 is 2.84 bits per heavy atom. The van der Waals surface area contributed by atoms with Crippen LogP contribution in [0.3, 0.4) is 0 Å². The highest BCUT2D eigenvalue weighted by molar-refractivity contribution is 5.55. The monoisotopic (exact) mass is 341 g/mol. The van der Waals surface area contributed by atoms with E-state index in [1.165, 1.54) is 0 Å². The molecule has 0 radical (unpaired) electrons. The number of phenols is 1. The lowest BCUT2D eigenvalue weighted by atomic mass is 10.1.